The second-order valence-corrected chi connectivity index (χ2v) is 9.11. The van der Waals surface area contributed by atoms with Crippen LogP contribution in [-0.4, -0.2) is 40.8 Å². The molecule has 29 heavy (non-hydrogen) atoms. The third-order valence-corrected chi connectivity index (χ3v) is 5.86. The van der Waals surface area contributed by atoms with E-state index >= 15 is 0 Å². The molecule has 0 spiro atoms. The normalized spacial score (nSPS) is 32.6. The number of amides is 2. The van der Waals surface area contributed by atoms with E-state index in [2.05, 4.69) is 6.08 Å². The fraction of sp³-hybridized carbons (Fsp3) is 0.591. The molecule has 0 N–H and O–H groups in total. The van der Waals surface area contributed by atoms with Crippen molar-refractivity contribution in [3.63, 3.8) is 0 Å². The summed E-state index contributed by atoms with van der Waals surface area (Å²) in [5, 5.41) is 0. The first-order valence-corrected chi connectivity index (χ1v) is 10.2. The molecule has 0 radical (unpaired) electrons. The van der Waals surface area contributed by atoms with Gasteiger partial charge in [0.15, 0.2) is 0 Å². The van der Waals surface area contributed by atoms with Gasteiger partial charge in [-0.2, -0.15) is 0 Å². The van der Waals surface area contributed by atoms with Gasteiger partial charge in [0.05, 0.1) is 17.9 Å². The lowest BCUT2D eigenvalue weighted by Crippen LogP contribution is -2.43. The van der Waals surface area contributed by atoms with Gasteiger partial charge in [0.1, 0.15) is 5.60 Å². The number of hydrogen-bond acceptors (Lipinski definition) is 6. The molecule has 0 aromatic heterocycles. The van der Waals surface area contributed by atoms with Crippen LogP contribution in [0.4, 0.5) is 4.79 Å². The summed E-state index contributed by atoms with van der Waals surface area (Å²) in [5.74, 6) is -0.598. The summed E-state index contributed by atoms with van der Waals surface area (Å²) in [6.45, 7) is 6.99. The maximum Gasteiger partial charge on any atom is 0.417 e. The number of nitrogens with zero attached hydrogens (tertiary/aromatic N) is 1. The Labute approximate surface area is 170 Å². The molecule has 2 heterocycles. The van der Waals surface area contributed by atoms with Gasteiger partial charge in [0.25, 0.3) is 12.2 Å². The van der Waals surface area contributed by atoms with Crippen LogP contribution in [0.2, 0.25) is 0 Å². The first kappa shape index (κ1) is 19.7. The summed E-state index contributed by atoms with van der Waals surface area (Å²) in [5.41, 5.74) is 1.36. The fourth-order valence-corrected chi connectivity index (χ4v) is 4.66. The highest BCUT2D eigenvalue weighted by molar-refractivity contribution is 6.06. The van der Waals surface area contributed by atoms with Gasteiger partial charge >= 0.3 is 12.1 Å². The molecule has 4 rings (SSSR count). The number of hydrogen-bond donors (Lipinski definition) is 0. The Morgan fingerprint density at radius 2 is 2.07 bits per heavy atom. The molecule has 0 aromatic rings. The number of allylic oxidation sites excluding steroid dienone is 1. The summed E-state index contributed by atoms with van der Waals surface area (Å²) < 4.78 is 16.2. The number of imide groups is 1. The van der Waals surface area contributed by atoms with Gasteiger partial charge in [0, 0.05) is 17.6 Å². The van der Waals surface area contributed by atoms with Crippen LogP contribution in [0.1, 0.15) is 53.4 Å². The smallest absolute Gasteiger partial charge is 0.417 e. The molecular formula is C22H27NO6. The second-order valence-electron chi connectivity index (χ2n) is 9.11. The summed E-state index contributed by atoms with van der Waals surface area (Å²) >= 11 is 0. The van der Waals surface area contributed by atoms with Gasteiger partial charge in [0.2, 0.25) is 0 Å². The molecule has 2 fully saturated rings. The molecule has 0 unspecified atom stereocenters. The molecule has 156 valence electrons. The summed E-state index contributed by atoms with van der Waals surface area (Å²) in [4.78, 5) is 38.9. The Kier molecular flexibility index (Phi) is 4.79. The van der Waals surface area contributed by atoms with Crippen molar-refractivity contribution in [2.24, 2.45) is 11.8 Å². The van der Waals surface area contributed by atoms with Crippen molar-refractivity contribution in [1.82, 2.24) is 4.90 Å². The number of cyclic esters (lactones) is 1. The molecule has 7 heteroatoms. The van der Waals surface area contributed by atoms with Gasteiger partial charge in [-0.25, -0.2) is 14.5 Å². The van der Waals surface area contributed by atoms with Crippen molar-refractivity contribution >= 4 is 18.0 Å². The largest absolute Gasteiger partial charge is 0.458 e. The molecule has 4 aliphatic rings. The minimum Gasteiger partial charge on any atom is -0.458 e. The minimum atomic E-state index is -0.847. The van der Waals surface area contributed by atoms with E-state index in [1.165, 1.54) is 11.2 Å². The Bertz CT molecular complexity index is 846. The van der Waals surface area contributed by atoms with Crippen LogP contribution in [0.3, 0.4) is 0 Å². The Morgan fingerprint density at radius 3 is 2.72 bits per heavy atom. The predicted octanol–water partition coefficient (Wildman–Crippen LogP) is 3.61. The van der Waals surface area contributed by atoms with Crippen LogP contribution in [0, 0.1) is 11.8 Å². The third kappa shape index (κ3) is 3.58. The highest BCUT2D eigenvalue weighted by Gasteiger charge is 2.56. The summed E-state index contributed by atoms with van der Waals surface area (Å²) in [6.07, 6.45) is 7.58. The number of ether oxygens (including phenoxy) is 3. The van der Waals surface area contributed by atoms with Crippen LogP contribution in [0.25, 0.3) is 0 Å². The highest BCUT2D eigenvalue weighted by Crippen LogP contribution is 2.51. The standard InChI is InChI=1S/C22H27NO6/c1-12-9-17(28-20(12)25)27-11-16-15-10-13-7-5-6-8-14(13)18(15)23(19(16)24)21(26)29-22(2,3)4/h8-9,11,13,15,17-18H,5-7,10H2,1-4H3/t13-,15+,17+,18+/m0/s1. The fourth-order valence-electron chi connectivity index (χ4n) is 4.66. The summed E-state index contributed by atoms with van der Waals surface area (Å²) in [7, 11) is 0. The monoisotopic (exact) mass is 401 g/mol. The molecule has 0 bridgehead atoms. The van der Waals surface area contributed by atoms with Crippen molar-refractivity contribution in [2.75, 3.05) is 0 Å². The zero-order chi connectivity index (χ0) is 20.9. The van der Waals surface area contributed by atoms with Crippen molar-refractivity contribution in [2.45, 2.75) is 71.3 Å². The number of fused-ring (bicyclic) bond motifs is 3. The molecule has 7 nitrogen and oxygen atoms in total. The SMILES string of the molecule is CC1=C[C@H](OC=C2C(=O)N(C(=O)OC(C)(C)C)[C@@H]3C4=CCCC[C@H]4C[C@H]23)OC1=O. The number of esters is 1. The van der Waals surface area contributed by atoms with Crippen molar-refractivity contribution in [3.8, 4) is 0 Å². The molecule has 0 aromatic carbocycles. The molecule has 1 saturated heterocycles. The number of likely N-dealkylation sites (tertiary alicyclic amines) is 1. The van der Waals surface area contributed by atoms with Gasteiger partial charge < -0.3 is 14.2 Å². The Balaban J connectivity index is 1.63. The number of carbonyl (C=O) groups is 3. The Hall–Kier alpha value is -2.57. The lowest BCUT2D eigenvalue weighted by atomic mass is 9.89. The maximum atomic E-state index is 13.2. The highest BCUT2D eigenvalue weighted by atomic mass is 16.7. The summed E-state index contributed by atoms with van der Waals surface area (Å²) in [6, 6.07) is -0.319. The van der Waals surface area contributed by atoms with Crippen LogP contribution >= 0.6 is 0 Å². The molecule has 2 amide bonds. The van der Waals surface area contributed by atoms with Crippen LogP contribution < -0.4 is 0 Å². The third-order valence-electron chi connectivity index (χ3n) is 5.86. The minimum absolute atomic E-state index is 0.133. The lowest BCUT2D eigenvalue weighted by molar-refractivity contribution is -0.152. The average molecular weight is 401 g/mol. The van der Waals surface area contributed by atoms with E-state index in [-0.39, 0.29) is 12.0 Å². The van der Waals surface area contributed by atoms with Crippen molar-refractivity contribution in [1.29, 1.82) is 0 Å². The van der Waals surface area contributed by atoms with E-state index in [0.29, 0.717) is 17.1 Å². The molecule has 2 aliphatic heterocycles. The Morgan fingerprint density at radius 1 is 1.31 bits per heavy atom. The van der Waals surface area contributed by atoms with Gasteiger partial charge in [-0.15, -0.1) is 0 Å². The topological polar surface area (TPSA) is 82.1 Å². The molecule has 2 aliphatic carbocycles. The molecular weight excluding hydrogens is 374 g/mol. The van der Waals surface area contributed by atoms with Crippen molar-refractivity contribution in [3.05, 3.63) is 35.1 Å². The van der Waals surface area contributed by atoms with Gasteiger partial charge in [-0.1, -0.05) is 6.08 Å². The van der Waals surface area contributed by atoms with Gasteiger partial charge in [-0.3, -0.25) is 4.79 Å². The average Bonchev–Trinajstić information content (AvgIpc) is 3.23. The van der Waals surface area contributed by atoms with Crippen LogP contribution in [0.5, 0.6) is 0 Å². The first-order valence-electron chi connectivity index (χ1n) is 10.2. The number of carbonyl (C=O) groups excluding carboxylic acids is 3. The molecule has 4 atom stereocenters. The zero-order valence-electron chi connectivity index (χ0n) is 17.3. The van der Waals surface area contributed by atoms with E-state index in [4.69, 9.17) is 14.2 Å². The quantitative estimate of drug-likeness (QED) is 0.304. The van der Waals surface area contributed by atoms with E-state index < -0.39 is 29.9 Å². The van der Waals surface area contributed by atoms with Crippen molar-refractivity contribution < 1.29 is 28.6 Å². The van der Waals surface area contributed by atoms with Gasteiger partial charge in [-0.05, 0) is 64.9 Å². The first-order chi connectivity index (χ1) is 13.7. The predicted molar refractivity (Wildman–Crippen MR) is 103 cm³/mol. The van der Waals surface area contributed by atoms with E-state index in [1.807, 2.05) is 0 Å². The second kappa shape index (κ2) is 7.04. The van der Waals surface area contributed by atoms with Crippen LogP contribution in [0.15, 0.2) is 35.1 Å². The lowest BCUT2D eigenvalue weighted by Gasteiger charge is -2.29. The molecule has 1 saturated carbocycles. The van der Waals surface area contributed by atoms with E-state index in [0.717, 1.165) is 31.3 Å². The van der Waals surface area contributed by atoms with E-state index in [9.17, 15) is 14.4 Å². The zero-order valence-corrected chi connectivity index (χ0v) is 17.3. The number of rotatable bonds is 2. The van der Waals surface area contributed by atoms with Crippen LogP contribution in [-0.2, 0) is 23.8 Å². The maximum absolute atomic E-state index is 13.2. The van der Waals surface area contributed by atoms with E-state index in [1.54, 1.807) is 33.8 Å².